The molecule has 2 saturated carbocycles. The third kappa shape index (κ3) is 2.46. The number of hydrogen-bond acceptors (Lipinski definition) is 2. The van der Waals surface area contributed by atoms with Gasteiger partial charge in [0.05, 0.1) is 4.47 Å². The van der Waals surface area contributed by atoms with Gasteiger partial charge in [0, 0.05) is 24.3 Å². The van der Waals surface area contributed by atoms with Gasteiger partial charge in [-0.15, -0.1) is 0 Å². The van der Waals surface area contributed by atoms with Gasteiger partial charge in [-0.2, -0.15) is 0 Å². The molecule has 0 aliphatic heterocycles. The van der Waals surface area contributed by atoms with Crippen LogP contribution in [0.3, 0.4) is 0 Å². The highest BCUT2D eigenvalue weighted by Gasteiger charge is 2.39. The summed E-state index contributed by atoms with van der Waals surface area (Å²) >= 11 is 7.05. The summed E-state index contributed by atoms with van der Waals surface area (Å²) in [6.45, 7) is 1.15. The van der Waals surface area contributed by atoms with Gasteiger partial charge in [0.1, 0.15) is 5.82 Å². The van der Waals surface area contributed by atoms with E-state index in [-0.39, 0.29) is 0 Å². The Labute approximate surface area is 125 Å². The lowest BCUT2D eigenvalue weighted by atomic mass is 9.88. The van der Waals surface area contributed by atoms with E-state index in [1.165, 1.54) is 25.7 Å². The molecule has 0 N–H and O–H groups in total. The SMILES string of the molecule is CN(CC1CC2CCC1C2)c1ncc(Br)cc1Br. The smallest absolute Gasteiger partial charge is 0.142 e. The third-order valence-corrected chi connectivity index (χ3v) is 5.56. The van der Waals surface area contributed by atoms with Gasteiger partial charge in [0.2, 0.25) is 0 Å². The molecular weight excluding hydrogens is 356 g/mol. The lowest BCUT2D eigenvalue weighted by molar-refractivity contribution is 0.337. The average molecular weight is 374 g/mol. The highest BCUT2D eigenvalue weighted by atomic mass is 79.9. The van der Waals surface area contributed by atoms with Crippen molar-refractivity contribution in [2.24, 2.45) is 17.8 Å². The first-order chi connectivity index (χ1) is 8.63. The van der Waals surface area contributed by atoms with Crippen LogP contribution in [-0.4, -0.2) is 18.6 Å². The molecule has 2 nitrogen and oxygen atoms in total. The topological polar surface area (TPSA) is 16.1 Å². The molecule has 0 amide bonds. The van der Waals surface area contributed by atoms with E-state index in [9.17, 15) is 0 Å². The van der Waals surface area contributed by atoms with E-state index in [4.69, 9.17) is 0 Å². The molecule has 1 aromatic rings. The number of halogens is 2. The van der Waals surface area contributed by atoms with Crippen LogP contribution >= 0.6 is 31.9 Å². The Balaban J connectivity index is 1.69. The summed E-state index contributed by atoms with van der Waals surface area (Å²) in [6, 6.07) is 2.07. The second kappa shape index (κ2) is 5.12. The maximum atomic E-state index is 4.51. The maximum absolute atomic E-state index is 4.51. The summed E-state index contributed by atoms with van der Waals surface area (Å²) in [5, 5.41) is 0. The van der Waals surface area contributed by atoms with Gasteiger partial charge in [0.15, 0.2) is 0 Å². The van der Waals surface area contributed by atoms with Crippen molar-refractivity contribution >= 4 is 37.7 Å². The fourth-order valence-electron chi connectivity index (χ4n) is 3.73. The number of pyridine rings is 1. The maximum Gasteiger partial charge on any atom is 0.142 e. The molecule has 0 saturated heterocycles. The summed E-state index contributed by atoms with van der Waals surface area (Å²) in [7, 11) is 2.16. The molecule has 3 atom stereocenters. The van der Waals surface area contributed by atoms with E-state index >= 15 is 0 Å². The molecule has 0 radical (unpaired) electrons. The molecule has 98 valence electrons. The molecule has 1 aromatic heterocycles. The van der Waals surface area contributed by atoms with Crippen molar-refractivity contribution in [1.82, 2.24) is 4.98 Å². The highest BCUT2D eigenvalue weighted by molar-refractivity contribution is 9.11. The Morgan fingerprint density at radius 3 is 2.78 bits per heavy atom. The van der Waals surface area contributed by atoms with E-state index in [1.807, 2.05) is 6.20 Å². The summed E-state index contributed by atoms with van der Waals surface area (Å²) < 4.78 is 2.09. The van der Waals surface area contributed by atoms with Crippen LogP contribution in [0.5, 0.6) is 0 Å². The van der Waals surface area contributed by atoms with Crippen LogP contribution in [-0.2, 0) is 0 Å². The lowest BCUT2D eigenvalue weighted by Crippen LogP contribution is -2.29. The fraction of sp³-hybridized carbons (Fsp3) is 0.643. The van der Waals surface area contributed by atoms with Crippen molar-refractivity contribution < 1.29 is 0 Å². The van der Waals surface area contributed by atoms with Gasteiger partial charge in [0.25, 0.3) is 0 Å². The van der Waals surface area contributed by atoms with Crippen LogP contribution in [0.1, 0.15) is 25.7 Å². The number of nitrogens with zero attached hydrogens (tertiary/aromatic N) is 2. The van der Waals surface area contributed by atoms with Gasteiger partial charge in [-0.3, -0.25) is 0 Å². The Bertz CT molecular complexity index is 449. The number of anilines is 1. The van der Waals surface area contributed by atoms with Crippen LogP contribution in [0.15, 0.2) is 21.2 Å². The third-order valence-electron chi connectivity index (χ3n) is 4.54. The molecular formula is C14H18Br2N2. The Hall–Kier alpha value is -0.0900. The molecule has 4 heteroatoms. The zero-order valence-electron chi connectivity index (χ0n) is 10.6. The van der Waals surface area contributed by atoms with E-state index < -0.39 is 0 Å². The van der Waals surface area contributed by atoms with E-state index in [1.54, 1.807) is 0 Å². The van der Waals surface area contributed by atoms with Crippen LogP contribution in [0, 0.1) is 17.8 Å². The molecule has 2 bridgehead atoms. The second-order valence-corrected chi connectivity index (χ2v) is 7.54. The molecule has 3 rings (SSSR count). The highest BCUT2D eigenvalue weighted by Crippen LogP contribution is 2.48. The zero-order chi connectivity index (χ0) is 12.7. The van der Waals surface area contributed by atoms with Crippen LogP contribution < -0.4 is 4.90 Å². The van der Waals surface area contributed by atoms with Gasteiger partial charge in [-0.05, 0) is 74.9 Å². The molecule has 0 spiro atoms. The Morgan fingerprint density at radius 1 is 1.33 bits per heavy atom. The Kier molecular flexibility index (Phi) is 3.68. The molecule has 1 heterocycles. The van der Waals surface area contributed by atoms with Crippen molar-refractivity contribution in [3.05, 3.63) is 21.2 Å². The van der Waals surface area contributed by atoms with Gasteiger partial charge in [-0.1, -0.05) is 6.42 Å². The van der Waals surface area contributed by atoms with Crippen LogP contribution in [0.2, 0.25) is 0 Å². The standard InChI is InChI=1S/C14H18Br2N2/c1-18(14-13(16)6-12(15)7-17-14)8-11-5-9-2-3-10(11)4-9/h6-7,9-11H,2-5,8H2,1H3. The van der Waals surface area contributed by atoms with E-state index in [0.717, 1.165) is 39.1 Å². The Morgan fingerprint density at radius 2 is 2.17 bits per heavy atom. The van der Waals surface area contributed by atoms with Crippen molar-refractivity contribution in [3.63, 3.8) is 0 Å². The first-order valence-corrected chi connectivity index (χ1v) is 8.24. The van der Waals surface area contributed by atoms with Gasteiger partial charge < -0.3 is 4.90 Å². The molecule has 2 aliphatic rings. The monoisotopic (exact) mass is 372 g/mol. The van der Waals surface area contributed by atoms with Crippen molar-refractivity contribution in [1.29, 1.82) is 0 Å². The van der Waals surface area contributed by atoms with Crippen molar-refractivity contribution in [3.8, 4) is 0 Å². The van der Waals surface area contributed by atoms with E-state index in [0.29, 0.717) is 0 Å². The summed E-state index contributed by atoms with van der Waals surface area (Å²) in [5.74, 6) is 3.94. The fourth-order valence-corrected chi connectivity index (χ4v) is 5.02. The predicted molar refractivity (Wildman–Crippen MR) is 81.8 cm³/mol. The number of rotatable bonds is 3. The first-order valence-electron chi connectivity index (χ1n) is 6.65. The van der Waals surface area contributed by atoms with Gasteiger partial charge in [-0.25, -0.2) is 4.98 Å². The lowest BCUT2D eigenvalue weighted by Gasteiger charge is -2.28. The quantitative estimate of drug-likeness (QED) is 0.776. The molecule has 0 aromatic carbocycles. The minimum atomic E-state index is 0.881. The normalized spacial score (nSPS) is 29.8. The van der Waals surface area contributed by atoms with Crippen LogP contribution in [0.4, 0.5) is 5.82 Å². The molecule has 3 unspecified atom stereocenters. The van der Waals surface area contributed by atoms with Crippen molar-refractivity contribution in [2.75, 3.05) is 18.5 Å². The predicted octanol–water partition coefficient (Wildman–Crippen LogP) is 4.48. The summed E-state index contributed by atoms with van der Waals surface area (Å²) in [6.07, 6.45) is 7.72. The molecule has 2 aliphatic carbocycles. The number of aromatic nitrogens is 1. The van der Waals surface area contributed by atoms with Gasteiger partial charge >= 0.3 is 0 Å². The minimum absolute atomic E-state index is 0.881. The molecule has 2 fully saturated rings. The first kappa shape index (κ1) is 12.9. The largest absolute Gasteiger partial charge is 0.358 e. The van der Waals surface area contributed by atoms with E-state index in [2.05, 4.69) is 54.9 Å². The van der Waals surface area contributed by atoms with Crippen molar-refractivity contribution in [2.45, 2.75) is 25.7 Å². The zero-order valence-corrected chi connectivity index (χ0v) is 13.7. The number of hydrogen-bond donors (Lipinski definition) is 0. The van der Waals surface area contributed by atoms with Crippen LogP contribution in [0.25, 0.3) is 0 Å². The number of fused-ring (bicyclic) bond motifs is 2. The minimum Gasteiger partial charge on any atom is -0.358 e. The average Bonchev–Trinajstić information content (AvgIpc) is 2.90. The molecule has 18 heavy (non-hydrogen) atoms. The summed E-state index contributed by atoms with van der Waals surface area (Å²) in [4.78, 5) is 6.82. The second-order valence-electron chi connectivity index (χ2n) is 5.77. The summed E-state index contributed by atoms with van der Waals surface area (Å²) in [5.41, 5.74) is 0.